The normalized spacial score (nSPS) is 15.8. The largest absolute Gasteiger partial charge is 0.488 e. The van der Waals surface area contributed by atoms with E-state index < -0.39 is 0 Å². The van der Waals surface area contributed by atoms with E-state index in [2.05, 4.69) is 35.0 Å². The van der Waals surface area contributed by atoms with Crippen molar-refractivity contribution in [2.45, 2.75) is 20.5 Å². The van der Waals surface area contributed by atoms with E-state index in [0.717, 1.165) is 21.3 Å². The molecule has 3 rings (SSSR count). The van der Waals surface area contributed by atoms with Gasteiger partial charge in [0.05, 0.1) is 4.91 Å². The highest BCUT2D eigenvalue weighted by Crippen LogP contribution is 2.35. The van der Waals surface area contributed by atoms with Crippen molar-refractivity contribution >= 4 is 56.2 Å². The van der Waals surface area contributed by atoms with E-state index in [4.69, 9.17) is 17.0 Å². The van der Waals surface area contributed by atoms with Gasteiger partial charge in [-0.2, -0.15) is 0 Å². The monoisotopic (exact) mass is 447 g/mol. The van der Waals surface area contributed by atoms with Crippen molar-refractivity contribution < 1.29 is 9.53 Å². The number of halogens is 1. The van der Waals surface area contributed by atoms with Gasteiger partial charge in [-0.3, -0.25) is 9.69 Å². The van der Waals surface area contributed by atoms with Crippen LogP contribution >= 0.6 is 39.9 Å². The third kappa shape index (κ3) is 4.37. The highest BCUT2D eigenvalue weighted by molar-refractivity contribution is 9.10. The fraction of sp³-hybridized carbons (Fsp3) is 0.200. The minimum atomic E-state index is -0.0490. The summed E-state index contributed by atoms with van der Waals surface area (Å²) in [6.45, 7) is 5.03. The van der Waals surface area contributed by atoms with E-state index in [1.165, 1.54) is 17.3 Å². The summed E-state index contributed by atoms with van der Waals surface area (Å²) in [6.07, 6.45) is 1.85. The molecule has 0 N–H and O–H groups in total. The molecule has 0 radical (unpaired) electrons. The van der Waals surface area contributed by atoms with E-state index in [1.807, 2.05) is 43.3 Å². The first-order valence-corrected chi connectivity index (χ1v) is 10.2. The lowest BCUT2D eigenvalue weighted by Crippen LogP contribution is -2.27. The Bertz CT molecular complexity index is 895. The van der Waals surface area contributed by atoms with Crippen molar-refractivity contribution in [3.63, 3.8) is 0 Å². The Morgan fingerprint density at radius 2 is 2.08 bits per heavy atom. The molecule has 0 unspecified atom stereocenters. The van der Waals surface area contributed by atoms with Crippen LogP contribution < -0.4 is 4.74 Å². The Balaban J connectivity index is 1.86. The zero-order chi connectivity index (χ0) is 18.7. The number of thiocarbonyl (C=S) groups is 1. The van der Waals surface area contributed by atoms with E-state index >= 15 is 0 Å². The van der Waals surface area contributed by atoms with Crippen molar-refractivity contribution in [1.82, 2.24) is 4.90 Å². The summed E-state index contributed by atoms with van der Waals surface area (Å²) in [6, 6.07) is 14.0. The lowest BCUT2D eigenvalue weighted by atomic mass is 10.1. The molecule has 0 aromatic heterocycles. The predicted molar refractivity (Wildman–Crippen MR) is 115 cm³/mol. The zero-order valence-electron chi connectivity index (χ0n) is 14.5. The van der Waals surface area contributed by atoms with Crippen LogP contribution in [-0.4, -0.2) is 21.7 Å². The molecule has 1 aliphatic heterocycles. The van der Waals surface area contributed by atoms with Crippen LogP contribution in [-0.2, 0) is 11.4 Å². The molecule has 2 aromatic carbocycles. The summed E-state index contributed by atoms with van der Waals surface area (Å²) in [5, 5.41) is 0. The number of benzene rings is 2. The summed E-state index contributed by atoms with van der Waals surface area (Å²) in [7, 11) is 0. The predicted octanol–water partition coefficient (Wildman–Crippen LogP) is 5.56. The Labute approximate surface area is 171 Å². The summed E-state index contributed by atoms with van der Waals surface area (Å²) >= 11 is 10.1. The van der Waals surface area contributed by atoms with Crippen molar-refractivity contribution in [2.75, 3.05) is 6.54 Å². The minimum Gasteiger partial charge on any atom is -0.488 e. The van der Waals surface area contributed by atoms with E-state index in [0.29, 0.717) is 22.4 Å². The maximum atomic E-state index is 12.5. The molecule has 6 heteroatoms. The molecule has 1 saturated heterocycles. The molecule has 0 aliphatic carbocycles. The highest BCUT2D eigenvalue weighted by atomic mass is 79.9. The SMILES string of the molecule is CCN1C(=O)/C(=C\c2cc(Br)ccc2OCc2cccc(C)c2)SC1=S. The molecule has 3 nitrogen and oxygen atoms in total. The number of likely N-dealkylation sites (N-methyl/N-ethyl adjacent to an activating group) is 1. The Morgan fingerprint density at radius 1 is 1.27 bits per heavy atom. The topological polar surface area (TPSA) is 29.5 Å². The van der Waals surface area contributed by atoms with E-state index in [9.17, 15) is 4.79 Å². The average Bonchev–Trinajstić information content (AvgIpc) is 2.87. The molecule has 0 bridgehead atoms. The lowest BCUT2D eigenvalue weighted by Gasteiger charge is -2.11. The summed E-state index contributed by atoms with van der Waals surface area (Å²) in [5.74, 6) is 0.684. The van der Waals surface area contributed by atoms with Crippen LogP contribution in [0.4, 0.5) is 0 Å². The van der Waals surface area contributed by atoms with Gasteiger partial charge in [-0.1, -0.05) is 69.7 Å². The first kappa shape index (κ1) is 19.1. The van der Waals surface area contributed by atoms with Crippen molar-refractivity contribution in [2.24, 2.45) is 0 Å². The van der Waals surface area contributed by atoms with Gasteiger partial charge in [0.25, 0.3) is 5.91 Å². The molecule has 26 heavy (non-hydrogen) atoms. The van der Waals surface area contributed by atoms with Gasteiger partial charge < -0.3 is 4.74 Å². The second-order valence-electron chi connectivity index (χ2n) is 5.89. The van der Waals surface area contributed by atoms with Crippen LogP contribution in [0, 0.1) is 6.92 Å². The van der Waals surface area contributed by atoms with Gasteiger partial charge in [-0.15, -0.1) is 0 Å². The van der Waals surface area contributed by atoms with Crippen molar-refractivity contribution in [3.8, 4) is 5.75 Å². The van der Waals surface area contributed by atoms with Gasteiger partial charge in [-0.05, 0) is 43.7 Å². The second-order valence-corrected chi connectivity index (χ2v) is 8.48. The lowest BCUT2D eigenvalue weighted by molar-refractivity contribution is -0.121. The summed E-state index contributed by atoms with van der Waals surface area (Å²) in [4.78, 5) is 14.7. The molecule has 2 aromatic rings. The molecule has 0 spiro atoms. The molecule has 0 atom stereocenters. The van der Waals surface area contributed by atoms with Crippen LogP contribution in [0.15, 0.2) is 51.8 Å². The number of hydrogen-bond donors (Lipinski definition) is 0. The molecular formula is C20H18BrNO2S2. The fourth-order valence-corrected chi connectivity index (χ4v) is 4.39. The first-order valence-electron chi connectivity index (χ1n) is 8.21. The highest BCUT2D eigenvalue weighted by Gasteiger charge is 2.30. The third-order valence-electron chi connectivity index (χ3n) is 3.93. The molecule has 1 heterocycles. The number of nitrogens with zero attached hydrogens (tertiary/aromatic N) is 1. The van der Waals surface area contributed by atoms with Crippen LogP contribution in [0.3, 0.4) is 0 Å². The molecule has 0 saturated carbocycles. The number of carbonyl (C=O) groups excluding carboxylic acids is 1. The summed E-state index contributed by atoms with van der Waals surface area (Å²) in [5.41, 5.74) is 3.16. The van der Waals surface area contributed by atoms with Gasteiger partial charge in [0.15, 0.2) is 0 Å². The third-order valence-corrected chi connectivity index (χ3v) is 5.80. The maximum Gasteiger partial charge on any atom is 0.266 e. The van der Waals surface area contributed by atoms with Gasteiger partial charge in [0.2, 0.25) is 0 Å². The van der Waals surface area contributed by atoms with Gasteiger partial charge >= 0.3 is 0 Å². The maximum absolute atomic E-state index is 12.5. The number of rotatable bonds is 5. The van der Waals surface area contributed by atoms with Gasteiger partial charge in [0.1, 0.15) is 16.7 Å². The fourth-order valence-electron chi connectivity index (χ4n) is 2.64. The standard InChI is InChI=1S/C20H18BrNO2S2/c1-3-22-19(23)18(26-20(22)25)11-15-10-16(21)7-8-17(15)24-12-14-6-4-5-13(2)9-14/h4-11H,3,12H2,1-2H3/b18-11+. The number of hydrogen-bond acceptors (Lipinski definition) is 4. The minimum absolute atomic E-state index is 0.0490. The van der Waals surface area contributed by atoms with Crippen LogP contribution in [0.2, 0.25) is 0 Å². The molecule has 1 amide bonds. The van der Waals surface area contributed by atoms with Crippen LogP contribution in [0.1, 0.15) is 23.6 Å². The number of amides is 1. The van der Waals surface area contributed by atoms with Crippen molar-refractivity contribution in [3.05, 3.63) is 68.5 Å². The average molecular weight is 448 g/mol. The first-order chi connectivity index (χ1) is 12.5. The molecular weight excluding hydrogens is 430 g/mol. The second kappa shape index (κ2) is 8.37. The molecule has 134 valence electrons. The van der Waals surface area contributed by atoms with Crippen LogP contribution in [0.25, 0.3) is 6.08 Å². The van der Waals surface area contributed by atoms with E-state index in [1.54, 1.807) is 4.90 Å². The molecule has 1 aliphatic rings. The quantitative estimate of drug-likeness (QED) is 0.443. The zero-order valence-corrected chi connectivity index (χ0v) is 17.7. The Morgan fingerprint density at radius 3 is 2.77 bits per heavy atom. The Kier molecular flexibility index (Phi) is 6.16. The van der Waals surface area contributed by atoms with Crippen LogP contribution in [0.5, 0.6) is 5.75 Å². The number of ether oxygens (including phenoxy) is 1. The van der Waals surface area contributed by atoms with E-state index in [-0.39, 0.29) is 5.91 Å². The number of carbonyl (C=O) groups is 1. The van der Waals surface area contributed by atoms with Gasteiger partial charge in [-0.25, -0.2) is 0 Å². The van der Waals surface area contributed by atoms with Crippen molar-refractivity contribution in [1.29, 1.82) is 0 Å². The summed E-state index contributed by atoms with van der Waals surface area (Å²) < 4.78 is 7.55. The Hall–Kier alpha value is -1.63. The number of aryl methyl sites for hydroxylation is 1. The smallest absolute Gasteiger partial charge is 0.266 e. The number of thioether (sulfide) groups is 1. The van der Waals surface area contributed by atoms with Gasteiger partial charge in [0, 0.05) is 16.6 Å². The molecule has 1 fully saturated rings.